The highest BCUT2D eigenvalue weighted by molar-refractivity contribution is 5.71. The molecule has 0 aromatic rings. The van der Waals surface area contributed by atoms with E-state index in [0.29, 0.717) is 19.3 Å². The molecule has 0 saturated heterocycles. The quantitative estimate of drug-likeness (QED) is 0.0261. The highest BCUT2D eigenvalue weighted by Gasteiger charge is 2.19. The molecule has 0 fully saturated rings. The lowest BCUT2D eigenvalue weighted by atomic mass is 10.0. The smallest absolute Gasteiger partial charge is 0.306 e. The SMILES string of the molecule is CC/C=C\C/C=C\C/C=C\C/C=C\C/C=C\CCCCCCCCCCCCCCCC(=O)OCC(COC(=O)CCCCC/C=C\C/C=C\C/C=C\CC)OC(=O)CCCCCCCCCCC/C=C\C/C=C\CCCCCCC. The van der Waals surface area contributed by atoms with Crippen LogP contribution in [0, 0.1) is 0 Å². The molecule has 6 nitrogen and oxygen atoms in total. The Bertz CT molecular complexity index is 1670. The summed E-state index contributed by atoms with van der Waals surface area (Å²) in [5.41, 5.74) is 0. The maximum atomic E-state index is 12.9. The van der Waals surface area contributed by atoms with Crippen LogP contribution >= 0.6 is 0 Å². The third-order valence-corrected chi connectivity index (χ3v) is 14.4. The second-order valence-electron chi connectivity index (χ2n) is 22.3. The minimum Gasteiger partial charge on any atom is -0.462 e. The lowest BCUT2D eigenvalue weighted by molar-refractivity contribution is -0.167. The maximum Gasteiger partial charge on any atom is 0.306 e. The molecule has 0 N–H and O–H groups in total. The Balaban J connectivity index is 4.30. The molecule has 0 rings (SSSR count). The minimum absolute atomic E-state index is 0.0904. The third-order valence-electron chi connectivity index (χ3n) is 14.4. The Labute approximate surface area is 501 Å². The number of ether oxygens (including phenoxy) is 3. The standard InChI is InChI=1S/C75H126O6/c1-4-7-10-13-16-19-22-25-27-29-31-33-34-35-36-37-38-39-40-42-43-45-47-50-53-56-59-62-65-68-74(77)80-71-72(70-79-73(76)67-64-61-58-55-52-49-24-21-18-15-12-9-6-3)81-75(78)69-66-63-60-57-54-51-48-46-44-41-32-30-28-26-23-20-17-14-11-8-5-2/h7,9-10,12,16,18-19,21,23,25-27,30-33,35-36,49,52,72H,4-6,8,11,13-15,17,20,22,24,28-29,34,37-48,50-51,53-71H2,1-3H3/b10-7-,12-9-,19-16-,21-18-,26-23-,27-25-,32-30-,33-31-,36-35-,52-49-. The molecule has 0 aliphatic carbocycles. The van der Waals surface area contributed by atoms with Crippen molar-refractivity contribution in [2.24, 2.45) is 0 Å². The molecule has 0 amide bonds. The van der Waals surface area contributed by atoms with Crippen LogP contribution in [0.25, 0.3) is 0 Å². The van der Waals surface area contributed by atoms with E-state index in [2.05, 4.69) is 142 Å². The molecule has 0 aromatic heterocycles. The molecule has 0 radical (unpaired) electrons. The number of unbranched alkanes of at least 4 members (excludes halogenated alkanes) is 30. The Morgan fingerprint density at radius 3 is 0.765 bits per heavy atom. The molecular weight excluding hydrogens is 997 g/mol. The fraction of sp³-hybridized carbons (Fsp3) is 0.693. The number of carbonyl (C=O) groups is 3. The number of hydrogen-bond acceptors (Lipinski definition) is 6. The van der Waals surface area contributed by atoms with Crippen LogP contribution < -0.4 is 0 Å². The Hall–Kier alpha value is -4.19. The lowest BCUT2D eigenvalue weighted by Crippen LogP contribution is -2.30. The van der Waals surface area contributed by atoms with E-state index in [9.17, 15) is 14.4 Å². The highest BCUT2D eigenvalue weighted by Crippen LogP contribution is 2.16. The molecular formula is C75H126O6. The molecule has 1 unspecified atom stereocenters. The van der Waals surface area contributed by atoms with E-state index in [-0.39, 0.29) is 31.1 Å². The number of allylic oxidation sites excluding steroid dienone is 20. The second kappa shape index (κ2) is 68.3. The topological polar surface area (TPSA) is 78.9 Å². The summed E-state index contributed by atoms with van der Waals surface area (Å²) in [5.74, 6) is -0.918. The largest absolute Gasteiger partial charge is 0.462 e. The molecule has 0 heterocycles. The molecule has 0 saturated carbocycles. The Kier molecular flexibility index (Phi) is 64.8. The van der Waals surface area contributed by atoms with E-state index < -0.39 is 6.10 Å². The summed E-state index contributed by atoms with van der Waals surface area (Å²) in [5, 5.41) is 0. The van der Waals surface area contributed by atoms with E-state index in [1.807, 2.05) is 0 Å². The normalized spacial score (nSPS) is 12.9. The van der Waals surface area contributed by atoms with Gasteiger partial charge >= 0.3 is 17.9 Å². The molecule has 81 heavy (non-hydrogen) atoms. The van der Waals surface area contributed by atoms with Gasteiger partial charge in [-0.15, -0.1) is 0 Å². The van der Waals surface area contributed by atoms with Gasteiger partial charge in [0, 0.05) is 19.3 Å². The van der Waals surface area contributed by atoms with Crippen molar-refractivity contribution >= 4 is 17.9 Å². The zero-order valence-electron chi connectivity index (χ0n) is 53.0. The summed E-state index contributed by atoms with van der Waals surface area (Å²) in [6, 6.07) is 0. The van der Waals surface area contributed by atoms with Crippen molar-refractivity contribution in [3.63, 3.8) is 0 Å². The first-order valence-corrected chi connectivity index (χ1v) is 34.0. The van der Waals surface area contributed by atoms with Gasteiger partial charge in [-0.3, -0.25) is 14.4 Å². The fourth-order valence-corrected chi connectivity index (χ4v) is 9.40. The predicted octanol–water partition coefficient (Wildman–Crippen LogP) is 23.6. The molecule has 0 aliphatic heterocycles. The summed E-state index contributed by atoms with van der Waals surface area (Å²) >= 11 is 0. The zero-order valence-corrected chi connectivity index (χ0v) is 53.0. The van der Waals surface area contributed by atoms with E-state index in [1.54, 1.807) is 0 Å². The Morgan fingerprint density at radius 1 is 0.259 bits per heavy atom. The van der Waals surface area contributed by atoms with Gasteiger partial charge in [-0.25, -0.2) is 0 Å². The molecule has 6 heteroatoms. The van der Waals surface area contributed by atoms with Gasteiger partial charge in [0.25, 0.3) is 0 Å². The summed E-state index contributed by atoms with van der Waals surface area (Å²) in [6.07, 6.45) is 95.1. The van der Waals surface area contributed by atoms with Crippen LogP contribution in [0.4, 0.5) is 0 Å². The van der Waals surface area contributed by atoms with Gasteiger partial charge in [-0.1, -0.05) is 290 Å². The zero-order chi connectivity index (χ0) is 58.5. The van der Waals surface area contributed by atoms with Crippen molar-refractivity contribution in [3.8, 4) is 0 Å². The van der Waals surface area contributed by atoms with E-state index in [4.69, 9.17) is 14.2 Å². The van der Waals surface area contributed by atoms with Gasteiger partial charge in [-0.05, 0) is 128 Å². The first-order valence-electron chi connectivity index (χ1n) is 34.0. The highest BCUT2D eigenvalue weighted by atomic mass is 16.6. The Morgan fingerprint density at radius 2 is 0.481 bits per heavy atom. The average Bonchev–Trinajstić information content (AvgIpc) is 3.46. The number of esters is 3. The van der Waals surface area contributed by atoms with Gasteiger partial charge in [0.2, 0.25) is 0 Å². The summed E-state index contributed by atoms with van der Waals surface area (Å²) in [6.45, 7) is 6.40. The third kappa shape index (κ3) is 66.5. The summed E-state index contributed by atoms with van der Waals surface area (Å²) in [7, 11) is 0. The number of rotatable bonds is 61. The van der Waals surface area contributed by atoms with E-state index in [1.165, 1.54) is 154 Å². The van der Waals surface area contributed by atoms with Crippen molar-refractivity contribution in [2.45, 2.75) is 322 Å². The fourth-order valence-electron chi connectivity index (χ4n) is 9.40. The van der Waals surface area contributed by atoms with Gasteiger partial charge in [0.05, 0.1) is 0 Å². The molecule has 0 aliphatic rings. The number of hydrogen-bond donors (Lipinski definition) is 0. The maximum absolute atomic E-state index is 12.9. The van der Waals surface area contributed by atoms with Gasteiger partial charge < -0.3 is 14.2 Å². The van der Waals surface area contributed by atoms with Crippen LogP contribution in [0.15, 0.2) is 122 Å². The summed E-state index contributed by atoms with van der Waals surface area (Å²) in [4.78, 5) is 38.4. The molecule has 0 aromatic carbocycles. The first kappa shape index (κ1) is 76.8. The number of carbonyl (C=O) groups excluding carboxylic acids is 3. The molecule has 462 valence electrons. The van der Waals surface area contributed by atoms with Crippen LogP contribution in [0.2, 0.25) is 0 Å². The van der Waals surface area contributed by atoms with Crippen molar-refractivity contribution in [1.82, 2.24) is 0 Å². The van der Waals surface area contributed by atoms with Gasteiger partial charge in [0.15, 0.2) is 6.10 Å². The van der Waals surface area contributed by atoms with Crippen LogP contribution in [0.1, 0.15) is 316 Å². The van der Waals surface area contributed by atoms with Crippen LogP contribution in [0.3, 0.4) is 0 Å². The average molecular weight is 1120 g/mol. The lowest BCUT2D eigenvalue weighted by Gasteiger charge is -2.18. The van der Waals surface area contributed by atoms with E-state index in [0.717, 1.165) is 122 Å². The minimum atomic E-state index is -0.797. The molecule has 1 atom stereocenters. The van der Waals surface area contributed by atoms with Crippen LogP contribution in [0.5, 0.6) is 0 Å². The van der Waals surface area contributed by atoms with Crippen LogP contribution in [-0.4, -0.2) is 37.2 Å². The molecule has 0 spiro atoms. The second-order valence-corrected chi connectivity index (χ2v) is 22.3. The van der Waals surface area contributed by atoms with Gasteiger partial charge in [0.1, 0.15) is 13.2 Å². The predicted molar refractivity (Wildman–Crippen MR) is 353 cm³/mol. The monoisotopic (exact) mass is 1120 g/mol. The van der Waals surface area contributed by atoms with Gasteiger partial charge in [-0.2, -0.15) is 0 Å². The van der Waals surface area contributed by atoms with E-state index >= 15 is 0 Å². The summed E-state index contributed by atoms with van der Waals surface area (Å²) < 4.78 is 16.9. The van der Waals surface area contributed by atoms with Crippen molar-refractivity contribution in [3.05, 3.63) is 122 Å². The van der Waals surface area contributed by atoms with Crippen molar-refractivity contribution in [2.75, 3.05) is 13.2 Å². The van der Waals surface area contributed by atoms with Crippen LogP contribution in [-0.2, 0) is 28.6 Å². The first-order chi connectivity index (χ1) is 40.0. The van der Waals surface area contributed by atoms with Crippen molar-refractivity contribution < 1.29 is 28.6 Å². The van der Waals surface area contributed by atoms with Crippen molar-refractivity contribution in [1.29, 1.82) is 0 Å². The molecule has 0 bridgehead atoms.